The third-order valence-electron chi connectivity index (χ3n) is 4.73. The molecule has 0 aliphatic heterocycles. The van der Waals surface area contributed by atoms with Gasteiger partial charge in [0.2, 0.25) is 0 Å². The van der Waals surface area contributed by atoms with Crippen molar-refractivity contribution < 1.29 is 23.4 Å². The van der Waals surface area contributed by atoms with Crippen molar-refractivity contribution in [3.63, 3.8) is 0 Å². The quantitative estimate of drug-likeness (QED) is 0.194. The number of hydrogen-bond acceptors (Lipinski definition) is 7. The largest absolute Gasteiger partial charge is 0.506 e. The molecule has 2 heterocycles. The van der Waals surface area contributed by atoms with E-state index in [2.05, 4.69) is 15.9 Å². The van der Waals surface area contributed by atoms with Crippen LogP contribution >= 0.6 is 15.9 Å². The SMILES string of the molecule is COCOc1cccc2c(O)c3c(=O)oc4ccc(Br)c5c(=O)oc(c12)c3c45. The van der Waals surface area contributed by atoms with Gasteiger partial charge in [0, 0.05) is 27.7 Å². The third kappa shape index (κ3) is 2.12. The predicted molar refractivity (Wildman–Crippen MR) is 107 cm³/mol. The van der Waals surface area contributed by atoms with Crippen LogP contribution in [0, 0.1) is 0 Å². The van der Waals surface area contributed by atoms with Crippen molar-refractivity contribution in [2.75, 3.05) is 13.9 Å². The van der Waals surface area contributed by atoms with Gasteiger partial charge in [-0.05, 0) is 34.1 Å². The van der Waals surface area contributed by atoms with E-state index in [1.807, 2.05) is 0 Å². The molecule has 0 saturated heterocycles. The number of hydrogen-bond donors (Lipinski definition) is 1. The van der Waals surface area contributed by atoms with E-state index in [0.717, 1.165) is 0 Å². The topological polar surface area (TPSA) is 99.1 Å². The summed E-state index contributed by atoms with van der Waals surface area (Å²) >= 11 is 3.34. The fourth-order valence-electron chi connectivity index (χ4n) is 3.62. The smallest absolute Gasteiger partial charge is 0.348 e. The highest BCUT2D eigenvalue weighted by Crippen LogP contribution is 2.45. The summed E-state index contributed by atoms with van der Waals surface area (Å²) in [4.78, 5) is 25.4. The van der Waals surface area contributed by atoms with Gasteiger partial charge in [-0.2, -0.15) is 0 Å². The number of fused-ring (bicyclic) bond motifs is 2. The lowest BCUT2D eigenvalue weighted by Crippen LogP contribution is -2.08. The maximum absolute atomic E-state index is 12.8. The van der Waals surface area contributed by atoms with Crippen molar-refractivity contribution in [3.05, 3.63) is 55.6 Å². The molecule has 3 aromatic carbocycles. The molecule has 2 aromatic heterocycles. The van der Waals surface area contributed by atoms with E-state index in [1.165, 1.54) is 7.11 Å². The standard InChI is InChI=1S/C20H11BrO7/c1-25-7-26-10-4-2-3-8-12(10)18-15-14-11(27-20(24)16(15)17(8)22)6-5-9(21)13(14)19(23)28-18/h2-6,22H,7H2,1H3. The Morgan fingerprint density at radius 3 is 2.54 bits per heavy atom. The van der Waals surface area contributed by atoms with Crippen LogP contribution in [0.5, 0.6) is 11.5 Å². The lowest BCUT2D eigenvalue weighted by molar-refractivity contribution is 0.0522. The fourth-order valence-corrected chi connectivity index (χ4v) is 4.11. The van der Waals surface area contributed by atoms with Gasteiger partial charge in [0.05, 0.1) is 10.8 Å². The molecule has 0 atom stereocenters. The average molecular weight is 443 g/mol. The minimum absolute atomic E-state index is 0.0419. The number of halogens is 1. The first-order chi connectivity index (χ1) is 13.5. The lowest BCUT2D eigenvalue weighted by Gasteiger charge is -2.15. The van der Waals surface area contributed by atoms with E-state index < -0.39 is 11.3 Å². The van der Waals surface area contributed by atoms with Crippen LogP contribution in [0.1, 0.15) is 0 Å². The number of phenols is 1. The Bertz CT molecular complexity index is 1510. The predicted octanol–water partition coefficient (Wildman–Crippen LogP) is 4.09. The molecule has 0 aliphatic carbocycles. The summed E-state index contributed by atoms with van der Waals surface area (Å²) in [6, 6.07) is 8.11. The fraction of sp³-hybridized carbons (Fsp3) is 0.100. The van der Waals surface area contributed by atoms with Gasteiger partial charge in [-0.25, -0.2) is 9.59 Å². The molecule has 5 rings (SSSR count). The van der Waals surface area contributed by atoms with Crippen LogP contribution in [0.4, 0.5) is 0 Å². The van der Waals surface area contributed by atoms with Gasteiger partial charge < -0.3 is 23.4 Å². The molecule has 5 aromatic rings. The molecule has 28 heavy (non-hydrogen) atoms. The molecule has 8 heteroatoms. The Morgan fingerprint density at radius 1 is 0.964 bits per heavy atom. The van der Waals surface area contributed by atoms with Gasteiger partial charge in [0.1, 0.15) is 22.5 Å². The normalized spacial score (nSPS) is 11.9. The lowest BCUT2D eigenvalue weighted by atomic mass is 9.97. The van der Waals surface area contributed by atoms with E-state index >= 15 is 0 Å². The first-order valence-corrected chi connectivity index (χ1v) is 9.02. The van der Waals surface area contributed by atoms with Gasteiger partial charge >= 0.3 is 11.3 Å². The molecule has 0 bridgehead atoms. The molecule has 0 radical (unpaired) electrons. The van der Waals surface area contributed by atoms with Crippen molar-refractivity contribution >= 4 is 59.4 Å². The zero-order valence-corrected chi connectivity index (χ0v) is 16.0. The summed E-state index contributed by atoms with van der Waals surface area (Å²) in [6.07, 6.45) is 0. The second-order valence-electron chi connectivity index (χ2n) is 6.23. The Hall–Kier alpha value is -3.10. The van der Waals surface area contributed by atoms with E-state index in [9.17, 15) is 14.7 Å². The van der Waals surface area contributed by atoms with Gasteiger partial charge in [-0.3, -0.25) is 0 Å². The molecule has 0 amide bonds. The van der Waals surface area contributed by atoms with Crippen LogP contribution in [-0.4, -0.2) is 19.0 Å². The van der Waals surface area contributed by atoms with Crippen molar-refractivity contribution in [3.8, 4) is 11.5 Å². The van der Waals surface area contributed by atoms with E-state index in [0.29, 0.717) is 31.8 Å². The molecule has 1 N–H and O–H groups in total. The van der Waals surface area contributed by atoms with Crippen molar-refractivity contribution in [1.29, 1.82) is 0 Å². The summed E-state index contributed by atoms with van der Waals surface area (Å²) in [6.45, 7) is -0.0419. The highest BCUT2D eigenvalue weighted by atomic mass is 79.9. The first kappa shape index (κ1) is 17.0. The summed E-state index contributed by atoms with van der Waals surface area (Å²) in [5.74, 6) is 0.0790. The number of methoxy groups -OCH3 is 1. The monoisotopic (exact) mass is 442 g/mol. The number of aromatic hydroxyl groups is 1. The zero-order valence-electron chi connectivity index (χ0n) is 14.4. The highest BCUT2D eigenvalue weighted by molar-refractivity contribution is 9.10. The molecule has 0 saturated carbocycles. The molecule has 0 spiro atoms. The Labute approximate surface area is 164 Å². The maximum atomic E-state index is 12.8. The van der Waals surface area contributed by atoms with Crippen molar-refractivity contribution in [2.24, 2.45) is 0 Å². The second-order valence-corrected chi connectivity index (χ2v) is 7.09. The second kappa shape index (κ2) is 5.95. The van der Waals surface area contributed by atoms with Crippen molar-refractivity contribution in [2.45, 2.75) is 0 Å². The minimum Gasteiger partial charge on any atom is -0.506 e. The molecule has 0 unspecified atom stereocenters. The summed E-state index contributed by atoms with van der Waals surface area (Å²) in [5.41, 5.74) is -0.961. The van der Waals surface area contributed by atoms with Gasteiger partial charge in [-0.15, -0.1) is 0 Å². The van der Waals surface area contributed by atoms with Crippen LogP contribution in [-0.2, 0) is 4.74 Å². The van der Waals surface area contributed by atoms with E-state index in [-0.39, 0.29) is 34.5 Å². The molecule has 0 fully saturated rings. The van der Waals surface area contributed by atoms with Crippen LogP contribution in [0.2, 0.25) is 0 Å². The minimum atomic E-state index is -0.724. The zero-order chi connectivity index (χ0) is 19.6. The van der Waals surface area contributed by atoms with Crippen LogP contribution in [0.25, 0.3) is 43.5 Å². The van der Waals surface area contributed by atoms with Crippen LogP contribution in [0.3, 0.4) is 0 Å². The Morgan fingerprint density at radius 2 is 1.75 bits per heavy atom. The Balaban J connectivity index is 2.17. The highest BCUT2D eigenvalue weighted by Gasteiger charge is 2.25. The van der Waals surface area contributed by atoms with Crippen molar-refractivity contribution in [1.82, 2.24) is 0 Å². The van der Waals surface area contributed by atoms with Gasteiger partial charge in [0.15, 0.2) is 12.4 Å². The molecular formula is C20H11BrO7. The maximum Gasteiger partial charge on any atom is 0.348 e. The van der Waals surface area contributed by atoms with Crippen LogP contribution < -0.4 is 16.0 Å². The summed E-state index contributed by atoms with van der Waals surface area (Å²) in [5, 5.41) is 12.4. The summed E-state index contributed by atoms with van der Waals surface area (Å²) in [7, 11) is 1.48. The first-order valence-electron chi connectivity index (χ1n) is 8.23. The van der Waals surface area contributed by atoms with E-state index in [4.69, 9.17) is 18.3 Å². The molecule has 0 aliphatic rings. The third-order valence-corrected chi connectivity index (χ3v) is 5.39. The van der Waals surface area contributed by atoms with E-state index in [1.54, 1.807) is 30.3 Å². The molecular weight excluding hydrogens is 432 g/mol. The molecule has 140 valence electrons. The average Bonchev–Trinajstić information content (AvgIpc) is 2.68. The number of ether oxygens (including phenoxy) is 2. The molecule has 7 nitrogen and oxygen atoms in total. The van der Waals surface area contributed by atoms with Gasteiger partial charge in [-0.1, -0.05) is 12.1 Å². The number of rotatable bonds is 3. The Kier molecular flexibility index (Phi) is 3.62. The summed E-state index contributed by atoms with van der Waals surface area (Å²) < 4.78 is 22.1. The van der Waals surface area contributed by atoms with Crippen LogP contribution in [0.15, 0.2) is 53.2 Å². The number of benzene rings is 3. The number of phenolic OH excluding ortho intramolecular Hbond substituents is 1. The van der Waals surface area contributed by atoms with Gasteiger partial charge in [0.25, 0.3) is 0 Å².